The Labute approximate surface area is 121 Å². The van der Waals surface area contributed by atoms with Gasteiger partial charge in [0.05, 0.1) is 13.7 Å². The van der Waals surface area contributed by atoms with Crippen molar-refractivity contribution in [3.63, 3.8) is 0 Å². The summed E-state index contributed by atoms with van der Waals surface area (Å²) in [5, 5.41) is 7.19. The maximum Gasteiger partial charge on any atom is 0.345 e. The molecule has 0 bridgehead atoms. The fourth-order valence-electron chi connectivity index (χ4n) is 1.68. The molecule has 0 fully saturated rings. The van der Waals surface area contributed by atoms with Crippen LogP contribution in [0.25, 0.3) is 5.95 Å². The molecule has 0 saturated heterocycles. The molecule has 0 radical (unpaired) electrons. The molecule has 0 aliphatic carbocycles. The molecule has 0 aliphatic heterocycles. The van der Waals surface area contributed by atoms with Crippen molar-refractivity contribution in [1.82, 2.24) is 19.7 Å². The number of carbonyl (C=O) groups is 1. The third-order valence-electron chi connectivity index (χ3n) is 2.65. The summed E-state index contributed by atoms with van der Waals surface area (Å²) in [6.07, 6.45) is 3.11. The van der Waals surface area contributed by atoms with E-state index in [0.29, 0.717) is 19.0 Å². The van der Waals surface area contributed by atoms with Gasteiger partial charge in [-0.3, -0.25) is 0 Å². The molecule has 9 nitrogen and oxygen atoms in total. The molecule has 0 atom stereocenters. The highest BCUT2D eigenvalue weighted by Crippen LogP contribution is 2.24. The number of ether oxygens (including phenoxy) is 2. The second-order valence-corrected chi connectivity index (χ2v) is 3.98. The number of hydrogen-bond donors (Lipinski definition) is 2. The highest BCUT2D eigenvalue weighted by atomic mass is 16.5. The highest BCUT2D eigenvalue weighted by Gasteiger charge is 2.24. The van der Waals surface area contributed by atoms with Gasteiger partial charge in [-0.1, -0.05) is 0 Å². The molecule has 0 unspecified atom stereocenters. The van der Waals surface area contributed by atoms with Crippen LogP contribution in [0.3, 0.4) is 0 Å². The molecule has 2 rings (SSSR count). The summed E-state index contributed by atoms with van der Waals surface area (Å²) >= 11 is 0. The Kier molecular flexibility index (Phi) is 4.67. The first kappa shape index (κ1) is 14.7. The predicted octanol–water partition coefficient (Wildman–Crippen LogP) is 0.0894. The summed E-state index contributed by atoms with van der Waals surface area (Å²) in [4.78, 5) is 20.0. The van der Waals surface area contributed by atoms with Crippen molar-refractivity contribution in [1.29, 1.82) is 0 Å². The summed E-state index contributed by atoms with van der Waals surface area (Å²) in [6.45, 7) is 0.918. The molecule has 9 heteroatoms. The van der Waals surface area contributed by atoms with Crippen molar-refractivity contribution in [2.45, 2.75) is 0 Å². The minimum Gasteiger partial charge on any atom is -0.465 e. The van der Waals surface area contributed by atoms with E-state index in [-0.39, 0.29) is 17.3 Å². The van der Waals surface area contributed by atoms with Gasteiger partial charge in [0.15, 0.2) is 5.82 Å². The zero-order valence-electron chi connectivity index (χ0n) is 11.7. The Bertz CT molecular complexity index is 613. The van der Waals surface area contributed by atoms with Crippen LogP contribution < -0.4 is 11.1 Å². The molecular weight excluding hydrogens is 276 g/mol. The number of nitrogens with zero attached hydrogens (tertiary/aromatic N) is 4. The molecule has 0 spiro atoms. The fraction of sp³-hybridized carbons (Fsp3) is 0.333. The van der Waals surface area contributed by atoms with Crippen LogP contribution in [0.1, 0.15) is 10.4 Å². The average molecular weight is 292 g/mol. The molecule has 0 aliphatic rings. The van der Waals surface area contributed by atoms with Crippen LogP contribution in [0.15, 0.2) is 18.5 Å². The van der Waals surface area contributed by atoms with Crippen LogP contribution >= 0.6 is 0 Å². The monoisotopic (exact) mass is 292 g/mol. The van der Waals surface area contributed by atoms with Crippen molar-refractivity contribution < 1.29 is 14.3 Å². The fourth-order valence-corrected chi connectivity index (χ4v) is 1.68. The number of methoxy groups -OCH3 is 2. The summed E-state index contributed by atoms with van der Waals surface area (Å²) < 4.78 is 11.0. The second-order valence-electron chi connectivity index (χ2n) is 3.98. The average Bonchev–Trinajstić information content (AvgIpc) is 2.84. The Morgan fingerprint density at radius 2 is 2.10 bits per heavy atom. The summed E-state index contributed by atoms with van der Waals surface area (Å²) in [6, 6.07) is 1.67. The molecule has 2 aromatic rings. The van der Waals surface area contributed by atoms with Crippen LogP contribution in [-0.4, -0.2) is 53.1 Å². The molecule has 0 amide bonds. The first-order chi connectivity index (χ1) is 10.2. The normalized spacial score (nSPS) is 10.4. The SMILES string of the molecule is COCCNc1nn(-c2ncccn2)c(N)c1C(=O)OC. The van der Waals surface area contributed by atoms with Gasteiger partial charge >= 0.3 is 5.97 Å². The summed E-state index contributed by atoms with van der Waals surface area (Å²) in [5.74, 6) is 0.0753. The second kappa shape index (κ2) is 6.66. The molecule has 2 aromatic heterocycles. The Balaban J connectivity index is 2.41. The van der Waals surface area contributed by atoms with Crippen LogP contribution in [0.5, 0.6) is 0 Å². The van der Waals surface area contributed by atoms with Crippen molar-refractivity contribution in [3.8, 4) is 5.95 Å². The van der Waals surface area contributed by atoms with Gasteiger partial charge in [0, 0.05) is 26.0 Å². The zero-order chi connectivity index (χ0) is 15.2. The lowest BCUT2D eigenvalue weighted by molar-refractivity contribution is 0.0603. The molecule has 21 heavy (non-hydrogen) atoms. The maximum absolute atomic E-state index is 11.9. The van der Waals surface area contributed by atoms with Gasteiger partial charge in [-0.25, -0.2) is 14.8 Å². The number of esters is 1. The third kappa shape index (κ3) is 3.08. The number of hydrogen-bond acceptors (Lipinski definition) is 8. The number of anilines is 2. The number of nitrogens with two attached hydrogens (primary N) is 1. The highest BCUT2D eigenvalue weighted by molar-refractivity contribution is 5.99. The van der Waals surface area contributed by atoms with Crippen molar-refractivity contribution >= 4 is 17.6 Å². The lowest BCUT2D eigenvalue weighted by Gasteiger charge is -2.04. The largest absolute Gasteiger partial charge is 0.465 e. The number of nitrogen functional groups attached to an aromatic ring is 1. The third-order valence-corrected chi connectivity index (χ3v) is 2.65. The van der Waals surface area contributed by atoms with Crippen molar-refractivity contribution in [3.05, 3.63) is 24.0 Å². The molecule has 112 valence electrons. The van der Waals surface area contributed by atoms with E-state index in [0.717, 1.165) is 0 Å². The van der Waals surface area contributed by atoms with Gasteiger partial charge in [0.25, 0.3) is 5.95 Å². The lowest BCUT2D eigenvalue weighted by Crippen LogP contribution is -2.12. The standard InChI is InChI=1S/C12H16N6O3/c1-20-7-6-14-10-8(11(19)21-2)9(13)18(17-10)12-15-4-3-5-16-12/h3-5H,6-7,13H2,1-2H3,(H,14,17). The minimum atomic E-state index is -0.588. The Hall–Kier alpha value is -2.68. The summed E-state index contributed by atoms with van der Waals surface area (Å²) in [7, 11) is 2.85. The van der Waals surface area contributed by atoms with Crippen LogP contribution in [-0.2, 0) is 9.47 Å². The molecule has 0 aromatic carbocycles. The van der Waals surface area contributed by atoms with E-state index >= 15 is 0 Å². The smallest absolute Gasteiger partial charge is 0.345 e. The molecule has 0 saturated carbocycles. The van der Waals surface area contributed by atoms with Gasteiger partial charge in [-0.2, -0.15) is 4.68 Å². The van der Waals surface area contributed by atoms with E-state index in [1.807, 2.05) is 0 Å². The first-order valence-corrected chi connectivity index (χ1v) is 6.16. The molecular formula is C12H16N6O3. The van der Waals surface area contributed by atoms with Crippen molar-refractivity contribution in [2.24, 2.45) is 0 Å². The zero-order valence-corrected chi connectivity index (χ0v) is 11.7. The number of nitrogens with one attached hydrogen (secondary N) is 1. The Morgan fingerprint density at radius 3 is 2.71 bits per heavy atom. The lowest BCUT2D eigenvalue weighted by atomic mass is 10.3. The van der Waals surface area contributed by atoms with Gasteiger partial charge < -0.3 is 20.5 Å². The molecule has 3 N–H and O–H groups in total. The van der Waals surface area contributed by atoms with E-state index in [9.17, 15) is 4.79 Å². The number of aromatic nitrogens is 4. The maximum atomic E-state index is 11.9. The van der Waals surface area contributed by atoms with Crippen LogP contribution in [0.4, 0.5) is 11.6 Å². The van der Waals surface area contributed by atoms with E-state index in [1.165, 1.54) is 11.8 Å². The van der Waals surface area contributed by atoms with Crippen LogP contribution in [0.2, 0.25) is 0 Å². The van der Waals surface area contributed by atoms with E-state index in [2.05, 4.69) is 20.4 Å². The van der Waals surface area contributed by atoms with E-state index in [4.69, 9.17) is 15.2 Å². The van der Waals surface area contributed by atoms with Gasteiger partial charge in [0.2, 0.25) is 0 Å². The van der Waals surface area contributed by atoms with Crippen LogP contribution in [0, 0.1) is 0 Å². The number of rotatable bonds is 6. The van der Waals surface area contributed by atoms with Gasteiger partial charge in [0.1, 0.15) is 11.4 Å². The quantitative estimate of drug-likeness (QED) is 0.568. The van der Waals surface area contributed by atoms with E-state index in [1.54, 1.807) is 25.6 Å². The molecule has 2 heterocycles. The van der Waals surface area contributed by atoms with Gasteiger partial charge in [-0.05, 0) is 6.07 Å². The predicted molar refractivity (Wildman–Crippen MR) is 75.3 cm³/mol. The minimum absolute atomic E-state index is 0.105. The number of carbonyl (C=O) groups excluding carboxylic acids is 1. The summed E-state index contributed by atoms with van der Waals surface area (Å²) in [5.41, 5.74) is 6.11. The van der Waals surface area contributed by atoms with Crippen molar-refractivity contribution in [2.75, 3.05) is 38.4 Å². The van der Waals surface area contributed by atoms with E-state index < -0.39 is 5.97 Å². The first-order valence-electron chi connectivity index (χ1n) is 6.16. The van der Waals surface area contributed by atoms with Gasteiger partial charge in [-0.15, -0.1) is 5.10 Å². The Morgan fingerprint density at radius 1 is 1.38 bits per heavy atom. The topological polar surface area (TPSA) is 117 Å².